The number of hydrogen-bond donors (Lipinski definition) is 1. The lowest BCUT2D eigenvalue weighted by Gasteiger charge is -2.36. The molecule has 144 valence electrons. The number of halogens is 1. The van der Waals surface area contributed by atoms with Crippen molar-refractivity contribution >= 4 is 17.5 Å². The number of carbonyl (C=O) groups excluding carboxylic acids is 1. The fourth-order valence-corrected chi connectivity index (χ4v) is 3.80. The zero-order valence-electron chi connectivity index (χ0n) is 16.1. The van der Waals surface area contributed by atoms with Crippen molar-refractivity contribution in [1.29, 1.82) is 0 Å². The predicted octanol–water partition coefficient (Wildman–Crippen LogP) is 4.05. The third-order valence-electron chi connectivity index (χ3n) is 5.44. The molecule has 27 heavy (non-hydrogen) atoms. The Kier molecular flexibility index (Phi) is 6.51. The second-order valence-electron chi connectivity index (χ2n) is 7.89. The van der Waals surface area contributed by atoms with E-state index in [9.17, 15) is 4.79 Å². The molecule has 0 bridgehead atoms. The van der Waals surface area contributed by atoms with Gasteiger partial charge in [-0.15, -0.1) is 0 Å². The molecule has 1 unspecified atom stereocenters. The van der Waals surface area contributed by atoms with Gasteiger partial charge in [-0.1, -0.05) is 23.7 Å². The summed E-state index contributed by atoms with van der Waals surface area (Å²) >= 11 is 6.04. The smallest absolute Gasteiger partial charge is 0.227 e. The molecule has 1 atom stereocenters. The van der Waals surface area contributed by atoms with Gasteiger partial charge >= 0.3 is 0 Å². The molecule has 0 saturated carbocycles. The van der Waals surface area contributed by atoms with Gasteiger partial charge in [0.25, 0.3) is 0 Å². The van der Waals surface area contributed by atoms with Gasteiger partial charge in [0, 0.05) is 29.5 Å². The van der Waals surface area contributed by atoms with Gasteiger partial charge in [-0.25, -0.2) is 0 Å². The number of likely N-dealkylation sites (tertiary alicyclic amines) is 1. The molecule has 3 rings (SSSR count). The summed E-state index contributed by atoms with van der Waals surface area (Å²) in [7, 11) is 0. The lowest BCUT2D eigenvalue weighted by atomic mass is 9.91. The molecule has 0 aliphatic carbocycles. The minimum Gasteiger partial charge on any atom is -0.354 e. The summed E-state index contributed by atoms with van der Waals surface area (Å²) in [5.74, 6) is -0.194. The Hall–Kier alpha value is -1.91. The number of carbonyl (C=O) groups is 1. The molecule has 1 fully saturated rings. The number of nitrogens with one attached hydrogen (secondary N) is 1. The monoisotopic (exact) mass is 385 g/mol. The van der Waals surface area contributed by atoms with E-state index < -0.39 is 0 Å². The van der Waals surface area contributed by atoms with Crippen molar-refractivity contribution in [3.63, 3.8) is 0 Å². The van der Waals surface area contributed by atoms with Crippen LogP contribution in [-0.4, -0.2) is 41.0 Å². The summed E-state index contributed by atoms with van der Waals surface area (Å²) in [4.78, 5) is 19.7. The number of hydrogen-bond acceptors (Lipinski definition) is 3. The van der Waals surface area contributed by atoms with E-state index in [1.807, 2.05) is 36.4 Å². The molecule has 4 nitrogen and oxygen atoms in total. The standard InChI is InChI=1S/C22H28ClN3O/c1-22(2,26-13-3-4-14-26)16-25-21(27)20(15-17-9-11-24-12-10-17)18-5-7-19(23)8-6-18/h5-12,20H,3-4,13-16H2,1-2H3,(H,25,27). The normalized spacial score (nSPS) is 16.3. The fourth-order valence-electron chi connectivity index (χ4n) is 3.67. The summed E-state index contributed by atoms with van der Waals surface area (Å²) in [5, 5.41) is 3.88. The van der Waals surface area contributed by atoms with Crippen LogP contribution in [0.25, 0.3) is 0 Å². The minimum atomic E-state index is -0.251. The molecule has 0 spiro atoms. The SMILES string of the molecule is CC(C)(CNC(=O)C(Cc1ccncc1)c1ccc(Cl)cc1)N1CCCC1. The maximum Gasteiger partial charge on any atom is 0.227 e. The summed E-state index contributed by atoms with van der Waals surface area (Å²) in [5.41, 5.74) is 2.04. The minimum absolute atomic E-state index is 0.0344. The maximum atomic E-state index is 13.1. The Morgan fingerprint density at radius 2 is 1.78 bits per heavy atom. The van der Waals surface area contributed by atoms with Crippen LogP contribution < -0.4 is 5.32 Å². The van der Waals surface area contributed by atoms with Gasteiger partial charge in [-0.2, -0.15) is 0 Å². The molecular formula is C22H28ClN3O. The molecule has 0 radical (unpaired) electrons. The molecule has 2 heterocycles. The van der Waals surface area contributed by atoms with Gasteiger partial charge in [0.2, 0.25) is 5.91 Å². The maximum absolute atomic E-state index is 13.1. The van der Waals surface area contributed by atoms with Crippen molar-refractivity contribution in [2.45, 2.75) is 44.6 Å². The number of pyridine rings is 1. The summed E-state index contributed by atoms with van der Waals surface area (Å²) in [6.07, 6.45) is 6.66. The van der Waals surface area contributed by atoms with E-state index in [0.717, 1.165) is 24.2 Å². The zero-order chi connectivity index (χ0) is 19.3. The van der Waals surface area contributed by atoms with E-state index in [0.29, 0.717) is 18.0 Å². The Morgan fingerprint density at radius 1 is 1.15 bits per heavy atom. The van der Waals surface area contributed by atoms with Crippen molar-refractivity contribution in [2.75, 3.05) is 19.6 Å². The van der Waals surface area contributed by atoms with Crippen LogP contribution in [0.3, 0.4) is 0 Å². The number of rotatable bonds is 7. The zero-order valence-corrected chi connectivity index (χ0v) is 16.9. The van der Waals surface area contributed by atoms with E-state index in [4.69, 9.17) is 11.6 Å². The van der Waals surface area contributed by atoms with Crippen LogP contribution in [0.1, 0.15) is 43.7 Å². The lowest BCUT2D eigenvalue weighted by Crippen LogP contribution is -2.51. The van der Waals surface area contributed by atoms with Crippen molar-refractivity contribution < 1.29 is 4.79 Å². The first kappa shape index (κ1) is 19.8. The number of nitrogens with zero attached hydrogens (tertiary/aromatic N) is 2. The summed E-state index contributed by atoms with van der Waals surface area (Å²) < 4.78 is 0. The van der Waals surface area contributed by atoms with Gasteiger partial charge in [-0.05, 0) is 81.6 Å². The van der Waals surface area contributed by atoms with Crippen LogP contribution in [0, 0.1) is 0 Å². The lowest BCUT2D eigenvalue weighted by molar-refractivity contribution is -0.123. The highest BCUT2D eigenvalue weighted by Crippen LogP contribution is 2.24. The second-order valence-corrected chi connectivity index (χ2v) is 8.32. The van der Waals surface area contributed by atoms with Crippen LogP contribution >= 0.6 is 11.6 Å². The second kappa shape index (κ2) is 8.85. The van der Waals surface area contributed by atoms with Crippen molar-refractivity contribution in [1.82, 2.24) is 15.2 Å². The van der Waals surface area contributed by atoms with E-state index >= 15 is 0 Å². The third kappa shape index (κ3) is 5.30. The number of aromatic nitrogens is 1. The Labute approximate surface area is 166 Å². The van der Waals surface area contributed by atoms with E-state index in [-0.39, 0.29) is 17.4 Å². The molecular weight excluding hydrogens is 358 g/mol. The molecule has 1 aromatic carbocycles. The Morgan fingerprint density at radius 3 is 2.41 bits per heavy atom. The highest BCUT2D eigenvalue weighted by Gasteiger charge is 2.30. The van der Waals surface area contributed by atoms with Gasteiger partial charge < -0.3 is 5.32 Å². The summed E-state index contributed by atoms with van der Waals surface area (Å²) in [6, 6.07) is 11.5. The van der Waals surface area contributed by atoms with E-state index in [1.54, 1.807) is 12.4 Å². The van der Waals surface area contributed by atoms with E-state index in [2.05, 4.69) is 29.0 Å². The first-order chi connectivity index (χ1) is 13.0. The third-order valence-corrected chi connectivity index (χ3v) is 5.69. The van der Waals surface area contributed by atoms with Crippen molar-refractivity contribution in [3.05, 3.63) is 64.9 Å². The topological polar surface area (TPSA) is 45.2 Å². The highest BCUT2D eigenvalue weighted by molar-refractivity contribution is 6.30. The van der Waals surface area contributed by atoms with Crippen molar-refractivity contribution in [2.24, 2.45) is 0 Å². The van der Waals surface area contributed by atoms with Gasteiger partial charge in [0.15, 0.2) is 0 Å². The highest BCUT2D eigenvalue weighted by atomic mass is 35.5. The van der Waals surface area contributed by atoms with Crippen LogP contribution in [0.4, 0.5) is 0 Å². The molecule has 1 amide bonds. The van der Waals surface area contributed by atoms with Gasteiger partial charge in [-0.3, -0.25) is 14.7 Å². The first-order valence-corrected chi connectivity index (χ1v) is 10.0. The first-order valence-electron chi connectivity index (χ1n) is 9.63. The molecule has 1 N–H and O–H groups in total. The largest absolute Gasteiger partial charge is 0.354 e. The predicted molar refractivity (Wildman–Crippen MR) is 110 cm³/mol. The fraction of sp³-hybridized carbons (Fsp3) is 0.455. The Balaban J connectivity index is 1.73. The summed E-state index contributed by atoms with van der Waals surface area (Å²) in [6.45, 7) is 7.28. The molecule has 1 saturated heterocycles. The molecule has 5 heteroatoms. The average Bonchev–Trinajstić information content (AvgIpc) is 3.22. The number of benzene rings is 1. The molecule has 1 aliphatic heterocycles. The quantitative estimate of drug-likeness (QED) is 0.781. The van der Waals surface area contributed by atoms with Crippen LogP contribution in [0.15, 0.2) is 48.8 Å². The van der Waals surface area contributed by atoms with Crippen LogP contribution in [0.2, 0.25) is 5.02 Å². The van der Waals surface area contributed by atoms with Crippen molar-refractivity contribution in [3.8, 4) is 0 Å². The van der Waals surface area contributed by atoms with Gasteiger partial charge in [0.1, 0.15) is 0 Å². The molecule has 1 aliphatic rings. The molecule has 1 aromatic heterocycles. The number of amides is 1. The Bertz CT molecular complexity index is 740. The van der Waals surface area contributed by atoms with Crippen LogP contribution in [-0.2, 0) is 11.2 Å². The van der Waals surface area contributed by atoms with Gasteiger partial charge in [0.05, 0.1) is 5.92 Å². The van der Waals surface area contributed by atoms with E-state index in [1.165, 1.54) is 12.8 Å². The molecule has 2 aromatic rings. The average molecular weight is 386 g/mol. The van der Waals surface area contributed by atoms with Crippen LogP contribution in [0.5, 0.6) is 0 Å².